The molecule has 0 fully saturated rings. The highest BCUT2D eigenvalue weighted by Gasteiger charge is 2.29. The van der Waals surface area contributed by atoms with Gasteiger partial charge in [0.05, 0.1) is 31.3 Å². The summed E-state index contributed by atoms with van der Waals surface area (Å²) in [7, 11) is -1.00. The summed E-state index contributed by atoms with van der Waals surface area (Å²) in [6, 6.07) is 21.7. The molecular formula is C24H26N2O6S. The number of methoxy groups -OCH3 is 2. The van der Waals surface area contributed by atoms with Gasteiger partial charge in [-0.25, -0.2) is 8.42 Å². The first kappa shape index (κ1) is 23.9. The van der Waals surface area contributed by atoms with Gasteiger partial charge in [0.1, 0.15) is 30.4 Å². The molecule has 3 aromatic carbocycles. The van der Waals surface area contributed by atoms with E-state index in [1.54, 1.807) is 73.8 Å². The standard InChI is InChI=1S/C24H26N2O6S/c1-30-19-9-8-10-20(17-19)32-16-15-25-24(27)18-26(22-13-6-7-14-23(22)31-2)33(28,29)21-11-4-3-5-12-21/h3-14,17H,15-16,18H2,1-2H3,(H,25,27). The Morgan fingerprint density at radius 3 is 2.30 bits per heavy atom. The van der Waals surface area contributed by atoms with E-state index in [0.717, 1.165) is 4.31 Å². The Morgan fingerprint density at radius 2 is 1.58 bits per heavy atom. The van der Waals surface area contributed by atoms with Crippen LogP contribution in [0, 0.1) is 0 Å². The van der Waals surface area contributed by atoms with E-state index < -0.39 is 22.5 Å². The van der Waals surface area contributed by atoms with Gasteiger partial charge in [0.15, 0.2) is 0 Å². The number of benzene rings is 3. The fraction of sp³-hybridized carbons (Fsp3) is 0.208. The number of nitrogens with one attached hydrogen (secondary N) is 1. The van der Waals surface area contributed by atoms with Crippen molar-refractivity contribution in [2.45, 2.75) is 4.90 Å². The van der Waals surface area contributed by atoms with Crippen LogP contribution in [0.4, 0.5) is 5.69 Å². The highest BCUT2D eigenvalue weighted by atomic mass is 32.2. The molecule has 0 saturated heterocycles. The molecule has 0 aromatic heterocycles. The van der Waals surface area contributed by atoms with Crippen LogP contribution >= 0.6 is 0 Å². The predicted molar refractivity (Wildman–Crippen MR) is 125 cm³/mol. The summed E-state index contributed by atoms with van der Waals surface area (Å²) in [6.07, 6.45) is 0. The number of carbonyl (C=O) groups excluding carboxylic acids is 1. The van der Waals surface area contributed by atoms with Crippen molar-refractivity contribution in [3.05, 3.63) is 78.9 Å². The average Bonchev–Trinajstić information content (AvgIpc) is 2.85. The molecule has 9 heteroatoms. The quantitative estimate of drug-likeness (QED) is 0.433. The highest BCUT2D eigenvalue weighted by molar-refractivity contribution is 7.92. The van der Waals surface area contributed by atoms with Crippen LogP contribution in [-0.4, -0.2) is 48.2 Å². The summed E-state index contributed by atoms with van der Waals surface area (Å²) in [5, 5.41) is 2.70. The molecule has 0 saturated carbocycles. The average molecular weight is 471 g/mol. The Hall–Kier alpha value is -3.72. The lowest BCUT2D eigenvalue weighted by Gasteiger charge is -2.25. The van der Waals surface area contributed by atoms with E-state index in [0.29, 0.717) is 17.2 Å². The zero-order valence-corrected chi connectivity index (χ0v) is 19.2. The summed E-state index contributed by atoms with van der Waals surface area (Å²) in [5.41, 5.74) is 0.270. The molecule has 0 spiro atoms. The van der Waals surface area contributed by atoms with Crippen LogP contribution in [0.2, 0.25) is 0 Å². The maximum Gasteiger partial charge on any atom is 0.264 e. The van der Waals surface area contributed by atoms with Crippen molar-refractivity contribution in [3.8, 4) is 17.2 Å². The van der Waals surface area contributed by atoms with Gasteiger partial charge in [-0.05, 0) is 36.4 Å². The maximum atomic E-state index is 13.4. The van der Waals surface area contributed by atoms with Gasteiger partial charge >= 0.3 is 0 Å². The van der Waals surface area contributed by atoms with Crippen LogP contribution in [0.25, 0.3) is 0 Å². The van der Waals surface area contributed by atoms with Crippen molar-refractivity contribution in [3.63, 3.8) is 0 Å². The predicted octanol–water partition coefficient (Wildman–Crippen LogP) is 3.09. The van der Waals surface area contributed by atoms with Crippen molar-refractivity contribution in [1.82, 2.24) is 5.32 Å². The maximum absolute atomic E-state index is 13.4. The van der Waals surface area contributed by atoms with Gasteiger partial charge in [0.2, 0.25) is 5.91 Å². The second-order valence-electron chi connectivity index (χ2n) is 6.87. The number of hydrogen-bond donors (Lipinski definition) is 1. The smallest absolute Gasteiger partial charge is 0.264 e. The van der Waals surface area contributed by atoms with Crippen molar-refractivity contribution >= 4 is 21.6 Å². The number of nitrogens with zero attached hydrogens (tertiary/aromatic N) is 1. The minimum Gasteiger partial charge on any atom is -0.497 e. The molecule has 0 unspecified atom stereocenters. The van der Waals surface area contributed by atoms with Crippen LogP contribution in [-0.2, 0) is 14.8 Å². The van der Waals surface area contributed by atoms with Crippen molar-refractivity contribution in [2.75, 3.05) is 38.2 Å². The number of anilines is 1. The van der Waals surface area contributed by atoms with Crippen molar-refractivity contribution in [2.24, 2.45) is 0 Å². The molecule has 0 bridgehead atoms. The van der Waals surface area contributed by atoms with Crippen LogP contribution in [0.1, 0.15) is 0 Å². The van der Waals surface area contributed by atoms with Gasteiger partial charge in [0.25, 0.3) is 10.0 Å². The molecule has 33 heavy (non-hydrogen) atoms. The number of rotatable bonds is 11. The molecule has 3 rings (SSSR count). The lowest BCUT2D eigenvalue weighted by Crippen LogP contribution is -2.42. The summed E-state index contributed by atoms with van der Waals surface area (Å²) >= 11 is 0. The number of amides is 1. The first-order chi connectivity index (χ1) is 16.0. The SMILES string of the molecule is COc1cccc(OCCNC(=O)CN(c2ccccc2OC)S(=O)(=O)c2ccccc2)c1. The van der Waals surface area contributed by atoms with Crippen LogP contribution in [0.3, 0.4) is 0 Å². The van der Waals surface area contributed by atoms with E-state index in [9.17, 15) is 13.2 Å². The molecule has 0 radical (unpaired) electrons. The Balaban J connectivity index is 1.71. The minimum atomic E-state index is -4.02. The molecule has 0 atom stereocenters. The second kappa shape index (κ2) is 11.2. The Labute approximate surface area is 193 Å². The van der Waals surface area contributed by atoms with Gasteiger partial charge in [-0.1, -0.05) is 36.4 Å². The number of carbonyl (C=O) groups is 1. The Bertz CT molecular complexity index is 1170. The van der Waals surface area contributed by atoms with E-state index in [1.807, 2.05) is 0 Å². The van der Waals surface area contributed by atoms with Gasteiger partial charge in [-0.2, -0.15) is 0 Å². The first-order valence-electron chi connectivity index (χ1n) is 10.2. The zero-order valence-electron chi connectivity index (χ0n) is 18.4. The second-order valence-corrected chi connectivity index (χ2v) is 8.74. The van der Waals surface area contributed by atoms with E-state index in [-0.39, 0.29) is 23.7 Å². The van der Waals surface area contributed by atoms with Gasteiger partial charge in [0, 0.05) is 6.07 Å². The fourth-order valence-corrected chi connectivity index (χ4v) is 4.54. The lowest BCUT2D eigenvalue weighted by atomic mass is 10.3. The Morgan fingerprint density at radius 1 is 0.879 bits per heavy atom. The number of hydrogen-bond acceptors (Lipinski definition) is 6. The van der Waals surface area contributed by atoms with Gasteiger partial charge in [-0.15, -0.1) is 0 Å². The monoisotopic (exact) mass is 470 g/mol. The van der Waals surface area contributed by atoms with Gasteiger partial charge in [-0.3, -0.25) is 9.10 Å². The lowest BCUT2D eigenvalue weighted by molar-refractivity contribution is -0.119. The number of sulfonamides is 1. The number of ether oxygens (including phenoxy) is 3. The van der Waals surface area contributed by atoms with Crippen LogP contribution in [0.15, 0.2) is 83.8 Å². The van der Waals surface area contributed by atoms with E-state index in [1.165, 1.54) is 19.2 Å². The summed E-state index contributed by atoms with van der Waals surface area (Å²) in [4.78, 5) is 12.8. The molecule has 1 N–H and O–H groups in total. The fourth-order valence-electron chi connectivity index (χ4n) is 3.09. The van der Waals surface area contributed by atoms with E-state index in [2.05, 4.69) is 5.32 Å². The molecule has 0 heterocycles. The number of para-hydroxylation sites is 2. The third-order valence-electron chi connectivity index (χ3n) is 4.71. The van der Waals surface area contributed by atoms with Crippen LogP contribution < -0.4 is 23.8 Å². The third kappa shape index (κ3) is 6.17. The Kier molecular flexibility index (Phi) is 8.15. The van der Waals surface area contributed by atoms with Gasteiger partial charge < -0.3 is 19.5 Å². The molecule has 1 amide bonds. The topological polar surface area (TPSA) is 94.2 Å². The molecular weight excluding hydrogens is 444 g/mol. The zero-order chi connectivity index (χ0) is 23.7. The van der Waals surface area contributed by atoms with E-state index >= 15 is 0 Å². The normalized spacial score (nSPS) is 10.8. The van der Waals surface area contributed by atoms with Crippen LogP contribution in [0.5, 0.6) is 17.2 Å². The largest absolute Gasteiger partial charge is 0.497 e. The molecule has 3 aromatic rings. The summed E-state index contributed by atoms with van der Waals surface area (Å²) in [5.74, 6) is 1.13. The molecule has 0 aliphatic heterocycles. The third-order valence-corrected chi connectivity index (χ3v) is 6.48. The molecule has 8 nitrogen and oxygen atoms in total. The summed E-state index contributed by atoms with van der Waals surface area (Å²) in [6.45, 7) is -0.0169. The van der Waals surface area contributed by atoms with Crippen molar-refractivity contribution in [1.29, 1.82) is 0 Å². The highest BCUT2D eigenvalue weighted by Crippen LogP contribution is 2.32. The molecule has 174 valence electrons. The molecule has 0 aliphatic rings. The van der Waals surface area contributed by atoms with Crippen molar-refractivity contribution < 1.29 is 27.4 Å². The molecule has 0 aliphatic carbocycles. The minimum absolute atomic E-state index is 0.0741. The summed E-state index contributed by atoms with van der Waals surface area (Å²) < 4.78 is 43.9. The van der Waals surface area contributed by atoms with E-state index in [4.69, 9.17) is 14.2 Å². The first-order valence-corrected chi connectivity index (χ1v) is 11.6.